The lowest BCUT2D eigenvalue weighted by molar-refractivity contribution is 0.0379. The Kier molecular flexibility index (Phi) is 4.96. The number of nitrogens with zero attached hydrogens (tertiary/aromatic N) is 2. The van der Waals surface area contributed by atoms with Crippen LogP contribution in [0.25, 0.3) is 0 Å². The lowest BCUT2D eigenvalue weighted by atomic mass is 9.95. The number of nitrogens with one attached hydrogen (secondary N) is 1. The van der Waals surface area contributed by atoms with Crippen LogP contribution in [0.15, 0.2) is 12.3 Å². The van der Waals surface area contributed by atoms with Crippen molar-refractivity contribution in [1.82, 2.24) is 9.97 Å². The highest BCUT2D eigenvalue weighted by Gasteiger charge is 2.27. The summed E-state index contributed by atoms with van der Waals surface area (Å²) in [5.74, 6) is 1.08. The van der Waals surface area contributed by atoms with E-state index in [4.69, 9.17) is 4.74 Å². The molecule has 5 heteroatoms. The number of anilines is 1. The lowest BCUT2D eigenvalue weighted by Gasteiger charge is -2.26. The zero-order valence-electron chi connectivity index (χ0n) is 11.6. The second-order valence-electron chi connectivity index (χ2n) is 5.14. The van der Waals surface area contributed by atoms with Crippen LogP contribution in [0.3, 0.4) is 0 Å². The van der Waals surface area contributed by atoms with E-state index in [-0.39, 0.29) is 0 Å². The molecule has 0 aromatic carbocycles. The summed E-state index contributed by atoms with van der Waals surface area (Å²) in [5, 5.41) is 13.7. The van der Waals surface area contributed by atoms with Gasteiger partial charge in [0.15, 0.2) is 0 Å². The van der Waals surface area contributed by atoms with E-state index in [2.05, 4.69) is 15.3 Å². The Morgan fingerprint density at radius 1 is 1.32 bits per heavy atom. The molecule has 1 aliphatic carbocycles. The maximum atomic E-state index is 10.5. The van der Waals surface area contributed by atoms with Crippen LogP contribution < -0.4 is 10.1 Å². The summed E-state index contributed by atoms with van der Waals surface area (Å²) in [6.45, 7) is 3.01. The lowest BCUT2D eigenvalue weighted by Crippen LogP contribution is -2.36. The van der Waals surface area contributed by atoms with Crippen molar-refractivity contribution in [2.45, 2.75) is 51.0 Å². The summed E-state index contributed by atoms with van der Waals surface area (Å²) in [6, 6.07) is 1.73. The second-order valence-corrected chi connectivity index (χ2v) is 5.14. The molecule has 0 saturated heterocycles. The van der Waals surface area contributed by atoms with Crippen molar-refractivity contribution < 1.29 is 9.84 Å². The van der Waals surface area contributed by atoms with E-state index < -0.39 is 5.60 Å². The van der Waals surface area contributed by atoms with Crippen LogP contribution in [-0.4, -0.2) is 33.8 Å². The summed E-state index contributed by atoms with van der Waals surface area (Å²) < 4.78 is 5.33. The van der Waals surface area contributed by atoms with Gasteiger partial charge in [-0.25, -0.2) is 4.98 Å². The number of hydrogen-bond acceptors (Lipinski definition) is 5. The van der Waals surface area contributed by atoms with Crippen LogP contribution in [0.2, 0.25) is 0 Å². The predicted octanol–water partition coefficient (Wildman–Crippen LogP) is 2.37. The number of aliphatic hydroxyl groups is 1. The SMILES string of the molecule is CCOc1ccnc(NCC2(O)CCCCCC2)n1. The minimum Gasteiger partial charge on any atom is -0.478 e. The predicted molar refractivity (Wildman–Crippen MR) is 74.3 cm³/mol. The van der Waals surface area contributed by atoms with Gasteiger partial charge in [-0.3, -0.25) is 0 Å². The van der Waals surface area contributed by atoms with Gasteiger partial charge in [0, 0.05) is 18.8 Å². The van der Waals surface area contributed by atoms with Gasteiger partial charge in [-0.15, -0.1) is 0 Å². The summed E-state index contributed by atoms with van der Waals surface area (Å²) in [5.41, 5.74) is -0.624. The first-order valence-corrected chi connectivity index (χ1v) is 7.14. The molecule has 1 saturated carbocycles. The molecule has 0 aliphatic heterocycles. The molecule has 0 spiro atoms. The molecule has 0 atom stereocenters. The highest BCUT2D eigenvalue weighted by atomic mass is 16.5. The number of aromatic nitrogens is 2. The van der Waals surface area contributed by atoms with E-state index in [1.165, 1.54) is 12.8 Å². The number of rotatable bonds is 5. The van der Waals surface area contributed by atoms with Gasteiger partial charge in [0.1, 0.15) is 0 Å². The molecule has 0 unspecified atom stereocenters. The average molecular weight is 265 g/mol. The fourth-order valence-corrected chi connectivity index (χ4v) is 2.46. The topological polar surface area (TPSA) is 67.3 Å². The van der Waals surface area contributed by atoms with Gasteiger partial charge < -0.3 is 15.2 Å². The van der Waals surface area contributed by atoms with Gasteiger partial charge in [0.25, 0.3) is 0 Å². The van der Waals surface area contributed by atoms with Crippen molar-refractivity contribution in [2.75, 3.05) is 18.5 Å². The summed E-state index contributed by atoms with van der Waals surface area (Å²) in [7, 11) is 0. The molecule has 0 amide bonds. The molecule has 1 aliphatic rings. The zero-order chi connectivity index (χ0) is 13.6. The number of hydrogen-bond donors (Lipinski definition) is 2. The fraction of sp³-hybridized carbons (Fsp3) is 0.714. The maximum Gasteiger partial charge on any atom is 0.226 e. The molecule has 19 heavy (non-hydrogen) atoms. The van der Waals surface area contributed by atoms with Gasteiger partial charge in [-0.1, -0.05) is 25.7 Å². The molecule has 5 nitrogen and oxygen atoms in total. The molecular weight excluding hydrogens is 242 g/mol. The molecule has 1 heterocycles. The Balaban J connectivity index is 1.91. The quantitative estimate of drug-likeness (QED) is 0.800. The van der Waals surface area contributed by atoms with Crippen LogP contribution >= 0.6 is 0 Å². The first-order valence-electron chi connectivity index (χ1n) is 7.14. The Morgan fingerprint density at radius 3 is 2.74 bits per heavy atom. The van der Waals surface area contributed by atoms with Crippen molar-refractivity contribution in [1.29, 1.82) is 0 Å². The van der Waals surface area contributed by atoms with Crippen LogP contribution in [0.1, 0.15) is 45.4 Å². The molecule has 1 fully saturated rings. The first-order chi connectivity index (χ1) is 9.22. The molecule has 0 radical (unpaired) electrons. The van der Waals surface area contributed by atoms with E-state index in [1.807, 2.05) is 6.92 Å². The molecule has 2 rings (SSSR count). The normalized spacial score (nSPS) is 18.6. The summed E-state index contributed by atoms with van der Waals surface area (Å²) in [6.07, 6.45) is 8.00. The summed E-state index contributed by atoms with van der Waals surface area (Å²) in [4.78, 5) is 8.39. The van der Waals surface area contributed by atoms with Gasteiger partial charge in [-0.05, 0) is 19.8 Å². The maximum absolute atomic E-state index is 10.5. The van der Waals surface area contributed by atoms with Gasteiger partial charge in [0.05, 0.1) is 12.2 Å². The van der Waals surface area contributed by atoms with Crippen LogP contribution in [0.5, 0.6) is 5.88 Å². The Labute approximate surface area is 114 Å². The van der Waals surface area contributed by atoms with E-state index >= 15 is 0 Å². The molecule has 0 bridgehead atoms. The van der Waals surface area contributed by atoms with Crippen molar-refractivity contribution in [3.8, 4) is 5.88 Å². The van der Waals surface area contributed by atoms with E-state index in [9.17, 15) is 5.11 Å². The van der Waals surface area contributed by atoms with Crippen LogP contribution in [0, 0.1) is 0 Å². The van der Waals surface area contributed by atoms with Crippen LogP contribution in [-0.2, 0) is 0 Å². The van der Waals surface area contributed by atoms with E-state index in [1.54, 1.807) is 12.3 Å². The Bertz CT molecular complexity index is 390. The Morgan fingerprint density at radius 2 is 2.05 bits per heavy atom. The van der Waals surface area contributed by atoms with Crippen molar-refractivity contribution in [3.63, 3.8) is 0 Å². The van der Waals surface area contributed by atoms with E-state index in [0.29, 0.717) is 25.0 Å². The standard InChI is InChI=1S/C14H23N3O2/c1-2-19-12-7-10-15-13(17-12)16-11-14(18)8-5-3-4-6-9-14/h7,10,18H,2-6,8-9,11H2,1H3,(H,15,16,17). The van der Waals surface area contributed by atoms with Gasteiger partial charge in [-0.2, -0.15) is 4.98 Å². The van der Waals surface area contributed by atoms with Gasteiger partial charge in [0.2, 0.25) is 11.8 Å². The monoisotopic (exact) mass is 265 g/mol. The highest BCUT2D eigenvalue weighted by Crippen LogP contribution is 2.27. The third-order valence-electron chi connectivity index (χ3n) is 3.53. The Hall–Kier alpha value is -1.36. The smallest absolute Gasteiger partial charge is 0.226 e. The largest absolute Gasteiger partial charge is 0.478 e. The molecule has 1 aromatic heterocycles. The van der Waals surface area contributed by atoms with Crippen molar-refractivity contribution in [3.05, 3.63) is 12.3 Å². The summed E-state index contributed by atoms with van der Waals surface area (Å²) >= 11 is 0. The minimum atomic E-state index is -0.624. The minimum absolute atomic E-state index is 0.503. The van der Waals surface area contributed by atoms with Crippen molar-refractivity contribution in [2.24, 2.45) is 0 Å². The van der Waals surface area contributed by atoms with E-state index in [0.717, 1.165) is 25.7 Å². The molecule has 2 N–H and O–H groups in total. The highest BCUT2D eigenvalue weighted by molar-refractivity contribution is 5.28. The molecular formula is C14H23N3O2. The third kappa shape index (κ3) is 4.35. The second kappa shape index (κ2) is 6.70. The molecule has 106 valence electrons. The zero-order valence-corrected chi connectivity index (χ0v) is 11.6. The van der Waals surface area contributed by atoms with Crippen molar-refractivity contribution >= 4 is 5.95 Å². The van der Waals surface area contributed by atoms with Gasteiger partial charge >= 0.3 is 0 Å². The number of ether oxygens (including phenoxy) is 1. The molecule has 1 aromatic rings. The van der Waals surface area contributed by atoms with Crippen LogP contribution in [0.4, 0.5) is 5.95 Å². The average Bonchev–Trinajstić information content (AvgIpc) is 2.63. The first kappa shape index (κ1) is 14.1. The fourth-order valence-electron chi connectivity index (χ4n) is 2.46. The third-order valence-corrected chi connectivity index (χ3v) is 3.53.